The number of hydrogen-bond acceptors (Lipinski definition) is 5. The van der Waals surface area contributed by atoms with Gasteiger partial charge in [0.25, 0.3) is 0 Å². The number of aryl methyl sites for hydroxylation is 1. The minimum absolute atomic E-state index is 0.135. The molecule has 2 heterocycles. The van der Waals surface area contributed by atoms with Crippen molar-refractivity contribution in [3.63, 3.8) is 0 Å². The van der Waals surface area contributed by atoms with Gasteiger partial charge >= 0.3 is 0 Å². The molecule has 6 nitrogen and oxygen atoms in total. The Morgan fingerprint density at radius 1 is 1.23 bits per heavy atom. The Balaban J connectivity index is 1.62. The Bertz CT molecular complexity index is 901. The van der Waals surface area contributed by atoms with Gasteiger partial charge in [-0.2, -0.15) is 0 Å². The third kappa shape index (κ3) is 5.09. The number of nitrogens with two attached hydrogens (primary N) is 1. The van der Waals surface area contributed by atoms with Gasteiger partial charge in [0.1, 0.15) is 6.04 Å². The second-order valence-electron chi connectivity index (χ2n) is 9.06. The van der Waals surface area contributed by atoms with Crippen LogP contribution in [0.3, 0.4) is 0 Å². The first kappa shape index (κ1) is 22.5. The van der Waals surface area contributed by atoms with Crippen LogP contribution >= 0.6 is 11.3 Å². The number of nitrogens with one attached hydrogen (secondary N) is 1. The van der Waals surface area contributed by atoms with Gasteiger partial charge in [0.15, 0.2) is 0 Å². The van der Waals surface area contributed by atoms with Crippen LogP contribution in [-0.2, 0) is 16.1 Å². The number of aliphatic hydroxyl groups excluding tert-OH is 1. The van der Waals surface area contributed by atoms with E-state index in [1.165, 1.54) is 14.7 Å². The molecule has 0 spiro atoms. The SMILES string of the molecule is Cc1ccc(-c2ccc(CNC(=O)[C@@H]3C[C@@H](O)CN3C(=O)[C@@H](N)C(C)(C)C)cc2)s1. The molecule has 162 valence electrons. The van der Waals surface area contributed by atoms with Crippen LogP contribution in [0.4, 0.5) is 0 Å². The third-order valence-corrected chi connectivity index (χ3v) is 6.56. The Morgan fingerprint density at radius 3 is 2.47 bits per heavy atom. The quantitative estimate of drug-likeness (QED) is 0.681. The standard InChI is InChI=1S/C23H31N3O3S/c1-14-5-10-19(30-14)16-8-6-15(7-9-16)12-25-21(28)18-11-17(27)13-26(18)22(29)20(24)23(2,3)4/h5-10,17-18,20,27H,11-13,24H2,1-4H3,(H,25,28)/t17-,18+,20-/m1/s1. The molecule has 1 aliphatic heterocycles. The lowest BCUT2D eigenvalue weighted by Crippen LogP contribution is -2.54. The molecule has 1 aromatic carbocycles. The summed E-state index contributed by atoms with van der Waals surface area (Å²) in [7, 11) is 0. The van der Waals surface area contributed by atoms with Gasteiger partial charge in [0, 0.05) is 29.3 Å². The maximum Gasteiger partial charge on any atom is 0.243 e. The molecule has 0 saturated carbocycles. The molecule has 1 saturated heterocycles. The highest BCUT2D eigenvalue weighted by molar-refractivity contribution is 7.15. The number of likely N-dealkylation sites (tertiary alicyclic amines) is 1. The first-order valence-corrected chi connectivity index (χ1v) is 11.1. The van der Waals surface area contributed by atoms with Crippen molar-refractivity contribution in [2.45, 2.75) is 58.8 Å². The number of aliphatic hydroxyl groups is 1. The molecule has 3 rings (SSSR count). The van der Waals surface area contributed by atoms with Gasteiger partial charge < -0.3 is 21.1 Å². The van der Waals surface area contributed by atoms with Gasteiger partial charge in [-0.15, -0.1) is 11.3 Å². The summed E-state index contributed by atoms with van der Waals surface area (Å²) < 4.78 is 0. The molecule has 1 aromatic heterocycles. The number of nitrogens with zero attached hydrogens (tertiary/aromatic N) is 1. The highest BCUT2D eigenvalue weighted by atomic mass is 32.1. The number of thiophene rings is 1. The molecule has 4 N–H and O–H groups in total. The summed E-state index contributed by atoms with van der Waals surface area (Å²) in [4.78, 5) is 29.5. The van der Waals surface area contributed by atoms with E-state index in [0.717, 1.165) is 11.1 Å². The van der Waals surface area contributed by atoms with Gasteiger partial charge in [-0.3, -0.25) is 9.59 Å². The van der Waals surface area contributed by atoms with Gasteiger partial charge in [-0.05, 0) is 35.6 Å². The number of amides is 2. The summed E-state index contributed by atoms with van der Waals surface area (Å²) in [5, 5.41) is 13.0. The van der Waals surface area contributed by atoms with Crippen LogP contribution in [0.5, 0.6) is 0 Å². The summed E-state index contributed by atoms with van der Waals surface area (Å²) in [6.07, 6.45) is -0.490. The predicted octanol–water partition coefficient (Wildman–Crippen LogP) is 2.67. The van der Waals surface area contributed by atoms with E-state index in [-0.39, 0.29) is 24.8 Å². The number of hydrogen-bond donors (Lipinski definition) is 3. The van der Waals surface area contributed by atoms with Crippen molar-refractivity contribution in [3.8, 4) is 10.4 Å². The van der Waals surface area contributed by atoms with E-state index in [4.69, 9.17) is 5.73 Å². The van der Waals surface area contributed by atoms with E-state index in [1.807, 2.05) is 45.0 Å². The maximum atomic E-state index is 12.8. The van der Waals surface area contributed by atoms with Gasteiger partial charge in [0.05, 0.1) is 12.1 Å². The lowest BCUT2D eigenvalue weighted by Gasteiger charge is -2.32. The van der Waals surface area contributed by atoms with Crippen molar-refractivity contribution in [2.75, 3.05) is 6.54 Å². The Labute approximate surface area is 182 Å². The predicted molar refractivity (Wildman–Crippen MR) is 120 cm³/mol. The average molecular weight is 430 g/mol. The third-order valence-electron chi connectivity index (χ3n) is 5.51. The number of benzene rings is 1. The van der Waals surface area contributed by atoms with E-state index in [1.54, 1.807) is 11.3 Å². The topological polar surface area (TPSA) is 95.7 Å². The molecule has 1 aliphatic rings. The van der Waals surface area contributed by atoms with E-state index in [2.05, 4.69) is 24.4 Å². The highest BCUT2D eigenvalue weighted by Gasteiger charge is 2.42. The zero-order valence-corrected chi connectivity index (χ0v) is 18.8. The smallest absolute Gasteiger partial charge is 0.243 e. The number of carbonyl (C=O) groups excluding carboxylic acids is 2. The molecule has 3 atom stereocenters. The Hall–Kier alpha value is -2.22. The Morgan fingerprint density at radius 2 is 1.90 bits per heavy atom. The molecule has 1 fully saturated rings. The minimum atomic E-state index is -0.730. The highest BCUT2D eigenvalue weighted by Crippen LogP contribution is 2.28. The molecule has 2 aromatic rings. The van der Waals surface area contributed by atoms with Crippen LogP contribution in [0.1, 0.15) is 37.6 Å². The largest absolute Gasteiger partial charge is 0.391 e. The number of β-amino-alcohol motifs (C(OH)–C–C–N with tert-alkyl or cyclic N) is 1. The monoisotopic (exact) mass is 429 g/mol. The first-order valence-electron chi connectivity index (χ1n) is 10.2. The molecule has 2 amide bonds. The number of carbonyl (C=O) groups is 2. The van der Waals surface area contributed by atoms with E-state index < -0.39 is 23.6 Å². The van der Waals surface area contributed by atoms with Crippen LogP contribution in [0, 0.1) is 12.3 Å². The van der Waals surface area contributed by atoms with Crippen molar-refractivity contribution < 1.29 is 14.7 Å². The van der Waals surface area contributed by atoms with Gasteiger partial charge in [-0.1, -0.05) is 45.0 Å². The average Bonchev–Trinajstić information content (AvgIpc) is 3.30. The fraction of sp³-hybridized carbons (Fsp3) is 0.478. The van der Waals surface area contributed by atoms with Crippen molar-refractivity contribution >= 4 is 23.2 Å². The van der Waals surface area contributed by atoms with E-state index in [0.29, 0.717) is 6.54 Å². The lowest BCUT2D eigenvalue weighted by atomic mass is 9.86. The second kappa shape index (κ2) is 8.88. The summed E-state index contributed by atoms with van der Waals surface area (Å²) in [5.41, 5.74) is 7.81. The summed E-state index contributed by atoms with van der Waals surface area (Å²) in [5.74, 6) is -0.561. The molecule has 7 heteroatoms. The minimum Gasteiger partial charge on any atom is -0.391 e. The summed E-state index contributed by atoms with van der Waals surface area (Å²) >= 11 is 1.75. The van der Waals surface area contributed by atoms with E-state index in [9.17, 15) is 14.7 Å². The molecule has 0 aliphatic carbocycles. The van der Waals surface area contributed by atoms with Crippen LogP contribution in [-0.4, -0.2) is 46.6 Å². The molecule has 0 unspecified atom stereocenters. The first-order chi connectivity index (χ1) is 14.1. The van der Waals surface area contributed by atoms with Gasteiger partial charge in [0.2, 0.25) is 11.8 Å². The maximum absolute atomic E-state index is 12.8. The molecule has 0 bridgehead atoms. The van der Waals surface area contributed by atoms with Crippen LogP contribution in [0.2, 0.25) is 0 Å². The van der Waals surface area contributed by atoms with Crippen molar-refractivity contribution in [3.05, 3.63) is 46.8 Å². The zero-order chi connectivity index (χ0) is 22.1. The van der Waals surface area contributed by atoms with Crippen LogP contribution in [0.25, 0.3) is 10.4 Å². The van der Waals surface area contributed by atoms with Crippen molar-refractivity contribution in [1.29, 1.82) is 0 Å². The molecule has 0 radical (unpaired) electrons. The van der Waals surface area contributed by atoms with Gasteiger partial charge in [-0.25, -0.2) is 0 Å². The summed E-state index contributed by atoms with van der Waals surface area (Å²) in [6, 6.07) is 10.9. The van der Waals surface area contributed by atoms with Crippen molar-refractivity contribution in [2.24, 2.45) is 11.1 Å². The second-order valence-corrected chi connectivity index (χ2v) is 10.4. The Kier molecular flexibility index (Phi) is 6.65. The summed E-state index contributed by atoms with van der Waals surface area (Å²) in [6.45, 7) is 8.24. The number of rotatable bonds is 5. The lowest BCUT2D eigenvalue weighted by molar-refractivity contribution is -0.141. The van der Waals surface area contributed by atoms with Crippen LogP contribution in [0.15, 0.2) is 36.4 Å². The molecule has 30 heavy (non-hydrogen) atoms. The van der Waals surface area contributed by atoms with E-state index >= 15 is 0 Å². The normalized spacial score (nSPS) is 20.3. The molecular weight excluding hydrogens is 398 g/mol. The molecular formula is C23H31N3O3S. The zero-order valence-electron chi connectivity index (χ0n) is 18.0. The van der Waals surface area contributed by atoms with Crippen molar-refractivity contribution in [1.82, 2.24) is 10.2 Å². The fourth-order valence-electron chi connectivity index (χ4n) is 3.54. The van der Waals surface area contributed by atoms with Crippen LogP contribution < -0.4 is 11.1 Å². The fourth-order valence-corrected chi connectivity index (χ4v) is 4.41.